The summed E-state index contributed by atoms with van der Waals surface area (Å²) in [6.45, 7) is 9.36. The lowest BCUT2D eigenvalue weighted by Crippen LogP contribution is -2.29. The second kappa shape index (κ2) is 7.26. The minimum absolute atomic E-state index is 0.221. The number of nitrogens with two attached hydrogens (primary N) is 1. The fourth-order valence-corrected chi connectivity index (χ4v) is 1.99. The lowest BCUT2D eigenvalue weighted by molar-refractivity contribution is 0.205. The van der Waals surface area contributed by atoms with Crippen molar-refractivity contribution in [2.45, 2.75) is 19.9 Å². The van der Waals surface area contributed by atoms with Gasteiger partial charge in [-0.2, -0.15) is 0 Å². The number of nitrogens with zero attached hydrogens (tertiary/aromatic N) is 1. The molecule has 0 unspecified atom stereocenters. The number of halogens is 1. The maximum absolute atomic E-state index is 13.7. The number of aryl methyl sites for hydroxylation is 1. The third kappa shape index (κ3) is 4.04. The summed E-state index contributed by atoms with van der Waals surface area (Å²) in [6, 6.07) is 3.14. The average Bonchev–Trinajstić information content (AvgIpc) is 2.37. The van der Waals surface area contributed by atoms with Gasteiger partial charge in [-0.3, -0.25) is 0 Å². The van der Waals surface area contributed by atoms with Gasteiger partial charge in [0.25, 0.3) is 0 Å². The Bertz CT molecular complexity index is 432. The Morgan fingerprint density at radius 1 is 1.53 bits per heavy atom. The van der Waals surface area contributed by atoms with Crippen molar-refractivity contribution in [3.8, 4) is 0 Å². The Morgan fingerprint density at radius 3 is 2.74 bits per heavy atom. The molecule has 0 aromatic heterocycles. The van der Waals surface area contributed by atoms with Crippen LogP contribution in [0.1, 0.15) is 24.1 Å². The largest absolute Gasteiger partial charge is 0.383 e. The summed E-state index contributed by atoms with van der Waals surface area (Å²) in [4.78, 5) is 2.10. The standard InChI is InChI=1S/C15H23FN2O/c1-5-6-18(7-8-19-4)15-9-11(2)14(16)10-13(15)12(3)17/h5,9-10,12H,1,6-8,17H2,2-4H3/t12-/m1/s1. The minimum atomic E-state index is -0.222. The van der Waals surface area contributed by atoms with Crippen LogP contribution in [0.5, 0.6) is 0 Å². The van der Waals surface area contributed by atoms with Crippen LogP contribution in [0.15, 0.2) is 24.8 Å². The number of benzene rings is 1. The first-order chi connectivity index (χ1) is 9.01. The Hall–Kier alpha value is -1.39. The van der Waals surface area contributed by atoms with E-state index in [2.05, 4.69) is 11.5 Å². The van der Waals surface area contributed by atoms with Gasteiger partial charge in [-0.15, -0.1) is 6.58 Å². The van der Waals surface area contributed by atoms with Gasteiger partial charge >= 0.3 is 0 Å². The lowest BCUT2D eigenvalue weighted by atomic mass is 10.0. The van der Waals surface area contributed by atoms with Crippen molar-refractivity contribution in [2.24, 2.45) is 5.73 Å². The van der Waals surface area contributed by atoms with Crippen LogP contribution >= 0.6 is 0 Å². The molecule has 3 nitrogen and oxygen atoms in total. The molecule has 0 saturated carbocycles. The minimum Gasteiger partial charge on any atom is -0.383 e. The summed E-state index contributed by atoms with van der Waals surface area (Å²) in [7, 11) is 1.66. The number of hydrogen-bond acceptors (Lipinski definition) is 3. The molecule has 0 bridgehead atoms. The number of anilines is 1. The summed E-state index contributed by atoms with van der Waals surface area (Å²) >= 11 is 0. The predicted molar refractivity (Wildman–Crippen MR) is 78.0 cm³/mol. The first kappa shape index (κ1) is 15.7. The molecule has 0 fully saturated rings. The van der Waals surface area contributed by atoms with Crippen LogP contribution in [-0.4, -0.2) is 26.8 Å². The zero-order valence-corrected chi connectivity index (χ0v) is 11.9. The topological polar surface area (TPSA) is 38.5 Å². The molecule has 4 heteroatoms. The van der Waals surface area contributed by atoms with Gasteiger partial charge in [0.1, 0.15) is 5.82 Å². The van der Waals surface area contributed by atoms with E-state index in [1.165, 1.54) is 6.07 Å². The third-order valence-electron chi connectivity index (χ3n) is 3.05. The molecule has 19 heavy (non-hydrogen) atoms. The molecule has 0 heterocycles. The summed E-state index contributed by atoms with van der Waals surface area (Å²) < 4.78 is 18.8. The lowest BCUT2D eigenvalue weighted by Gasteiger charge is -2.27. The van der Waals surface area contributed by atoms with E-state index < -0.39 is 0 Å². The van der Waals surface area contributed by atoms with Crippen LogP contribution in [0.2, 0.25) is 0 Å². The average molecular weight is 266 g/mol. The van der Waals surface area contributed by atoms with Crippen LogP contribution in [0.4, 0.5) is 10.1 Å². The van der Waals surface area contributed by atoms with Gasteiger partial charge in [-0.25, -0.2) is 4.39 Å². The maximum Gasteiger partial charge on any atom is 0.126 e. The zero-order chi connectivity index (χ0) is 14.4. The fraction of sp³-hybridized carbons (Fsp3) is 0.467. The molecule has 0 amide bonds. The van der Waals surface area contributed by atoms with Crippen LogP contribution in [0, 0.1) is 12.7 Å². The van der Waals surface area contributed by atoms with Gasteiger partial charge in [0.05, 0.1) is 6.61 Å². The molecule has 0 aliphatic rings. The quantitative estimate of drug-likeness (QED) is 0.771. The summed E-state index contributed by atoms with van der Waals surface area (Å²) in [6.07, 6.45) is 1.82. The van der Waals surface area contributed by atoms with E-state index >= 15 is 0 Å². The number of rotatable bonds is 7. The molecule has 0 aliphatic heterocycles. The van der Waals surface area contributed by atoms with Crippen molar-refractivity contribution in [3.63, 3.8) is 0 Å². The van der Waals surface area contributed by atoms with Crippen molar-refractivity contribution in [3.05, 3.63) is 41.7 Å². The molecule has 1 aromatic carbocycles. The zero-order valence-electron chi connectivity index (χ0n) is 11.9. The fourth-order valence-electron chi connectivity index (χ4n) is 1.99. The molecule has 2 N–H and O–H groups in total. The highest BCUT2D eigenvalue weighted by Gasteiger charge is 2.15. The van der Waals surface area contributed by atoms with Crippen LogP contribution in [-0.2, 0) is 4.74 Å². The normalized spacial score (nSPS) is 12.3. The van der Waals surface area contributed by atoms with Gasteiger partial charge in [0.2, 0.25) is 0 Å². The molecule has 1 rings (SSSR count). The molecular weight excluding hydrogens is 243 g/mol. The van der Waals surface area contributed by atoms with Gasteiger partial charge < -0.3 is 15.4 Å². The van der Waals surface area contributed by atoms with Gasteiger partial charge in [0.15, 0.2) is 0 Å². The van der Waals surface area contributed by atoms with Gasteiger partial charge in [-0.05, 0) is 37.1 Å². The molecule has 0 radical (unpaired) electrons. The van der Waals surface area contributed by atoms with E-state index in [0.717, 1.165) is 11.3 Å². The molecule has 0 aliphatic carbocycles. The number of hydrogen-bond donors (Lipinski definition) is 1. The van der Waals surface area contributed by atoms with E-state index in [9.17, 15) is 4.39 Å². The number of methoxy groups -OCH3 is 1. The predicted octanol–water partition coefficient (Wildman–Crippen LogP) is 2.79. The third-order valence-corrected chi connectivity index (χ3v) is 3.05. The van der Waals surface area contributed by atoms with E-state index in [1.807, 2.05) is 19.1 Å². The second-order valence-electron chi connectivity index (χ2n) is 4.68. The molecule has 1 atom stereocenters. The SMILES string of the molecule is C=CCN(CCOC)c1cc(C)c(F)cc1[C@@H](C)N. The van der Waals surface area contributed by atoms with Crippen LogP contribution < -0.4 is 10.6 Å². The second-order valence-corrected chi connectivity index (χ2v) is 4.68. The first-order valence-electron chi connectivity index (χ1n) is 6.41. The van der Waals surface area contributed by atoms with Crippen molar-refractivity contribution in [1.82, 2.24) is 0 Å². The van der Waals surface area contributed by atoms with Crippen molar-refractivity contribution in [1.29, 1.82) is 0 Å². The highest BCUT2D eigenvalue weighted by atomic mass is 19.1. The first-order valence-corrected chi connectivity index (χ1v) is 6.41. The van der Waals surface area contributed by atoms with Gasteiger partial charge in [-0.1, -0.05) is 6.08 Å². The summed E-state index contributed by atoms with van der Waals surface area (Å²) in [5.74, 6) is -0.221. The molecule has 1 aromatic rings. The molecule has 0 spiro atoms. The van der Waals surface area contributed by atoms with Crippen molar-refractivity contribution >= 4 is 5.69 Å². The Balaban J connectivity index is 3.18. The summed E-state index contributed by atoms with van der Waals surface area (Å²) in [5.41, 5.74) is 8.32. The summed E-state index contributed by atoms with van der Waals surface area (Å²) in [5, 5.41) is 0. The highest BCUT2D eigenvalue weighted by molar-refractivity contribution is 5.57. The van der Waals surface area contributed by atoms with E-state index in [1.54, 1.807) is 14.0 Å². The number of ether oxygens (including phenoxy) is 1. The monoisotopic (exact) mass is 266 g/mol. The Kier molecular flexibility index (Phi) is 5.99. The maximum atomic E-state index is 13.7. The van der Waals surface area contributed by atoms with Crippen LogP contribution in [0.25, 0.3) is 0 Å². The van der Waals surface area contributed by atoms with Gasteiger partial charge in [0, 0.05) is 31.9 Å². The van der Waals surface area contributed by atoms with E-state index in [-0.39, 0.29) is 11.9 Å². The molecular formula is C15H23FN2O. The Morgan fingerprint density at radius 2 is 2.21 bits per heavy atom. The van der Waals surface area contributed by atoms with E-state index in [0.29, 0.717) is 25.3 Å². The smallest absolute Gasteiger partial charge is 0.126 e. The highest BCUT2D eigenvalue weighted by Crippen LogP contribution is 2.28. The van der Waals surface area contributed by atoms with Crippen molar-refractivity contribution < 1.29 is 9.13 Å². The molecule has 106 valence electrons. The Labute approximate surface area is 114 Å². The molecule has 0 saturated heterocycles. The van der Waals surface area contributed by atoms with E-state index in [4.69, 9.17) is 10.5 Å². The van der Waals surface area contributed by atoms with Crippen molar-refractivity contribution in [2.75, 3.05) is 31.7 Å². The van der Waals surface area contributed by atoms with Crippen LogP contribution in [0.3, 0.4) is 0 Å².